The van der Waals surface area contributed by atoms with Crippen LogP contribution >= 0.6 is 0 Å². The van der Waals surface area contributed by atoms with Crippen LogP contribution in [-0.2, 0) is 6.54 Å². The number of carbonyl (C=O) groups is 1. The molecule has 0 fully saturated rings. The van der Waals surface area contributed by atoms with Crippen molar-refractivity contribution < 1.29 is 9.90 Å². The van der Waals surface area contributed by atoms with Gasteiger partial charge >= 0.3 is 5.97 Å². The molecule has 0 spiro atoms. The molecule has 0 aliphatic heterocycles. The van der Waals surface area contributed by atoms with Crippen LogP contribution in [0.4, 0.5) is 0 Å². The van der Waals surface area contributed by atoms with E-state index in [4.69, 9.17) is 10.4 Å². The third-order valence-electron chi connectivity index (χ3n) is 3.03. The van der Waals surface area contributed by atoms with E-state index in [0.717, 1.165) is 5.69 Å². The molecule has 1 N–H and O–H groups in total. The minimum absolute atomic E-state index is 0.0741. The second-order valence-electron chi connectivity index (χ2n) is 4.40. The highest BCUT2D eigenvalue weighted by atomic mass is 16.4. The van der Waals surface area contributed by atoms with Gasteiger partial charge in [-0.3, -0.25) is 4.79 Å². The minimum atomic E-state index is -1.01. The van der Waals surface area contributed by atoms with Crippen LogP contribution in [0.2, 0.25) is 0 Å². The molecule has 0 saturated heterocycles. The topological polar surface area (TPSA) is 83.1 Å². The van der Waals surface area contributed by atoms with E-state index >= 15 is 0 Å². The summed E-state index contributed by atoms with van der Waals surface area (Å²) in [7, 11) is 0. The number of pyridine rings is 1. The van der Waals surface area contributed by atoms with Crippen molar-refractivity contribution in [1.82, 2.24) is 4.57 Å². The van der Waals surface area contributed by atoms with Gasteiger partial charge in [0, 0.05) is 5.69 Å². The van der Waals surface area contributed by atoms with E-state index in [1.165, 1.54) is 22.8 Å². The molecule has 1 aromatic heterocycles. The van der Waals surface area contributed by atoms with E-state index in [0.29, 0.717) is 5.56 Å². The molecule has 20 heavy (non-hydrogen) atoms. The lowest BCUT2D eigenvalue weighted by Gasteiger charge is -2.10. The Kier molecular flexibility index (Phi) is 3.67. The van der Waals surface area contributed by atoms with Crippen LogP contribution in [0.3, 0.4) is 0 Å². The van der Waals surface area contributed by atoms with E-state index < -0.39 is 5.97 Å². The van der Waals surface area contributed by atoms with Crippen LogP contribution < -0.4 is 5.56 Å². The number of hydrogen-bond acceptors (Lipinski definition) is 3. The first-order valence-corrected chi connectivity index (χ1v) is 5.95. The van der Waals surface area contributed by atoms with Gasteiger partial charge in [-0.15, -0.1) is 0 Å². The first-order valence-electron chi connectivity index (χ1n) is 5.95. The van der Waals surface area contributed by atoms with Crippen molar-refractivity contribution in [2.24, 2.45) is 0 Å². The van der Waals surface area contributed by atoms with Crippen LogP contribution in [0.1, 0.15) is 27.2 Å². The molecule has 0 bridgehead atoms. The number of aromatic carboxylic acids is 1. The number of nitrogens with zero attached hydrogens (tertiary/aromatic N) is 2. The summed E-state index contributed by atoms with van der Waals surface area (Å²) in [6.07, 6.45) is 0. The largest absolute Gasteiger partial charge is 0.478 e. The van der Waals surface area contributed by atoms with Crippen molar-refractivity contribution in [1.29, 1.82) is 5.26 Å². The molecule has 0 amide bonds. The van der Waals surface area contributed by atoms with Gasteiger partial charge in [0.2, 0.25) is 0 Å². The van der Waals surface area contributed by atoms with E-state index in [1.54, 1.807) is 25.1 Å². The Morgan fingerprint density at radius 3 is 2.75 bits per heavy atom. The maximum atomic E-state index is 12.1. The Balaban J connectivity index is 2.45. The average molecular weight is 268 g/mol. The zero-order chi connectivity index (χ0) is 14.7. The third kappa shape index (κ3) is 2.59. The second-order valence-corrected chi connectivity index (χ2v) is 4.40. The van der Waals surface area contributed by atoms with Crippen molar-refractivity contribution in [3.05, 3.63) is 69.1 Å². The number of carboxylic acid groups (broad SMARTS) is 1. The van der Waals surface area contributed by atoms with E-state index in [2.05, 4.69) is 0 Å². The predicted octanol–water partition coefficient (Wildman–Crippen LogP) is 1.77. The summed E-state index contributed by atoms with van der Waals surface area (Å²) in [5, 5.41) is 17.8. The van der Waals surface area contributed by atoms with Crippen LogP contribution in [0, 0.1) is 18.3 Å². The number of hydrogen-bond donors (Lipinski definition) is 1. The highest BCUT2D eigenvalue weighted by Crippen LogP contribution is 2.08. The molecule has 2 rings (SSSR count). The molecule has 0 atom stereocenters. The summed E-state index contributed by atoms with van der Waals surface area (Å²) in [6, 6.07) is 11.4. The summed E-state index contributed by atoms with van der Waals surface area (Å²) < 4.78 is 1.46. The molecule has 100 valence electrons. The maximum Gasteiger partial charge on any atom is 0.335 e. The summed E-state index contributed by atoms with van der Waals surface area (Å²) in [4.78, 5) is 23.0. The van der Waals surface area contributed by atoms with Gasteiger partial charge in [-0.25, -0.2) is 4.79 Å². The number of benzene rings is 1. The smallest absolute Gasteiger partial charge is 0.335 e. The molecule has 0 saturated carbocycles. The van der Waals surface area contributed by atoms with Gasteiger partial charge in [0.25, 0.3) is 5.56 Å². The van der Waals surface area contributed by atoms with Gasteiger partial charge in [0.1, 0.15) is 11.6 Å². The highest BCUT2D eigenvalue weighted by Gasteiger charge is 2.08. The Morgan fingerprint density at radius 1 is 1.35 bits per heavy atom. The van der Waals surface area contributed by atoms with Crippen molar-refractivity contribution in [2.45, 2.75) is 13.5 Å². The Morgan fingerprint density at radius 2 is 2.10 bits per heavy atom. The van der Waals surface area contributed by atoms with Crippen molar-refractivity contribution in [3.8, 4) is 6.07 Å². The third-order valence-corrected chi connectivity index (χ3v) is 3.03. The van der Waals surface area contributed by atoms with Gasteiger partial charge in [-0.2, -0.15) is 5.26 Å². The fourth-order valence-corrected chi connectivity index (χ4v) is 1.94. The van der Waals surface area contributed by atoms with Crippen molar-refractivity contribution in [3.63, 3.8) is 0 Å². The van der Waals surface area contributed by atoms with Gasteiger partial charge in [-0.05, 0) is 36.8 Å². The normalized spacial score (nSPS) is 10.0. The molecule has 5 nitrogen and oxygen atoms in total. The standard InChI is InChI=1S/C15H12N2O3/c1-10-5-6-13(8-16)14(18)17(10)9-11-3-2-4-12(7-11)15(19)20/h2-7H,9H2,1H3,(H,19,20). The summed E-state index contributed by atoms with van der Waals surface area (Å²) in [5.74, 6) is -1.01. The van der Waals surface area contributed by atoms with Crippen LogP contribution in [0.15, 0.2) is 41.2 Å². The lowest BCUT2D eigenvalue weighted by Crippen LogP contribution is -2.24. The highest BCUT2D eigenvalue weighted by molar-refractivity contribution is 5.87. The van der Waals surface area contributed by atoms with E-state index in [1.807, 2.05) is 6.07 Å². The average Bonchev–Trinajstić information content (AvgIpc) is 2.44. The van der Waals surface area contributed by atoms with Crippen LogP contribution in [0.25, 0.3) is 0 Å². The quantitative estimate of drug-likeness (QED) is 0.919. The molecule has 5 heteroatoms. The van der Waals surface area contributed by atoms with Crippen LogP contribution in [0.5, 0.6) is 0 Å². The Hall–Kier alpha value is -2.87. The van der Waals surface area contributed by atoms with Crippen molar-refractivity contribution in [2.75, 3.05) is 0 Å². The van der Waals surface area contributed by atoms with Crippen molar-refractivity contribution >= 4 is 5.97 Å². The number of aryl methyl sites for hydroxylation is 1. The van der Waals surface area contributed by atoms with E-state index in [-0.39, 0.29) is 23.2 Å². The molecule has 0 aliphatic carbocycles. The molecular weight excluding hydrogens is 256 g/mol. The minimum Gasteiger partial charge on any atom is -0.478 e. The molecule has 2 aromatic rings. The number of nitriles is 1. The van der Waals surface area contributed by atoms with E-state index in [9.17, 15) is 9.59 Å². The summed E-state index contributed by atoms with van der Waals surface area (Å²) in [6.45, 7) is 2.00. The number of aromatic nitrogens is 1. The second kappa shape index (κ2) is 5.41. The van der Waals surface area contributed by atoms with Gasteiger partial charge in [-0.1, -0.05) is 12.1 Å². The number of carboxylic acids is 1. The first-order chi connectivity index (χ1) is 9.52. The molecule has 0 unspecified atom stereocenters. The molecule has 0 aliphatic rings. The SMILES string of the molecule is Cc1ccc(C#N)c(=O)n1Cc1cccc(C(=O)O)c1. The maximum absolute atomic E-state index is 12.1. The van der Waals surface area contributed by atoms with Crippen LogP contribution in [-0.4, -0.2) is 15.6 Å². The molecule has 1 heterocycles. The lowest BCUT2D eigenvalue weighted by molar-refractivity contribution is 0.0696. The summed E-state index contributed by atoms with van der Waals surface area (Å²) in [5.41, 5.74) is 1.29. The first kappa shape index (κ1) is 13.6. The monoisotopic (exact) mass is 268 g/mol. The molecule has 0 radical (unpaired) electrons. The van der Waals surface area contributed by atoms with Gasteiger partial charge in [0.05, 0.1) is 12.1 Å². The zero-order valence-corrected chi connectivity index (χ0v) is 10.8. The Bertz CT molecular complexity index is 769. The zero-order valence-electron chi connectivity index (χ0n) is 10.8. The molecular formula is C15H12N2O3. The predicted molar refractivity (Wildman–Crippen MR) is 72.7 cm³/mol. The van der Waals surface area contributed by atoms with Gasteiger partial charge < -0.3 is 9.67 Å². The Labute approximate surface area is 115 Å². The van der Waals surface area contributed by atoms with Gasteiger partial charge in [0.15, 0.2) is 0 Å². The molecule has 1 aromatic carbocycles. The lowest BCUT2D eigenvalue weighted by atomic mass is 10.1. The fourth-order valence-electron chi connectivity index (χ4n) is 1.94. The summed E-state index contributed by atoms with van der Waals surface area (Å²) >= 11 is 0. The number of rotatable bonds is 3. The fraction of sp³-hybridized carbons (Fsp3) is 0.133.